The Balaban J connectivity index is 2.24. The third-order valence-electron chi connectivity index (χ3n) is 2.94. The van der Waals surface area contributed by atoms with Gasteiger partial charge < -0.3 is 14.6 Å². The van der Waals surface area contributed by atoms with Crippen molar-refractivity contribution in [2.24, 2.45) is 0 Å². The monoisotopic (exact) mass is 210 g/mol. The van der Waals surface area contributed by atoms with E-state index in [0.29, 0.717) is 18.0 Å². The molecular weight excluding hydrogens is 192 g/mol. The van der Waals surface area contributed by atoms with E-state index in [1.54, 1.807) is 6.33 Å². The van der Waals surface area contributed by atoms with Gasteiger partial charge in [-0.2, -0.15) is 0 Å². The van der Waals surface area contributed by atoms with Crippen molar-refractivity contribution in [1.29, 1.82) is 0 Å². The molecule has 1 aliphatic rings. The van der Waals surface area contributed by atoms with Crippen molar-refractivity contribution in [1.82, 2.24) is 20.1 Å². The van der Waals surface area contributed by atoms with Gasteiger partial charge in [-0.3, -0.25) is 0 Å². The van der Waals surface area contributed by atoms with Gasteiger partial charge in [0.2, 0.25) is 0 Å². The van der Waals surface area contributed by atoms with E-state index < -0.39 is 0 Å². The summed E-state index contributed by atoms with van der Waals surface area (Å²) < 4.78 is 7.59. The highest BCUT2D eigenvalue weighted by Gasteiger charge is 2.32. The molecule has 0 spiro atoms. The number of rotatable bonds is 3. The molecule has 1 saturated heterocycles. The van der Waals surface area contributed by atoms with E-state index in [0.717, 1.165) is 19.0 Å². The number of likely N-dealkylation sites (N-methyl/N-ethyl adjacent to an activating group) is 1. The number of hydrogen-bond donors (Lipinski definition) is 1. The summed E-state index contributed by atoms with van der Waals surface area (Å²) in [6, 6.07) is 0.750. The minimum Gasteiger partial charge on any atom is -0.379 e. The highest BCUT2D eigenvalue weighted by molar-refractivity contribution is 5.05. The first kappa shape index (κ1) is 10.6. The summed E-state index contributed by atoms with van der Waals surface area (Å²) in [5, 5.41) is 11.5. The van der Waals surface area contributed by atoms with Crippen LogP contribution in [0.25, 0.3) is 0 Å². The molecule has 0 radical (unpaired) electrons. The van der Waals surface area contributed by atoms with E-state index in [2.05, 4.69) is 33.9 Å². The number of nitrogens with zero attached hydrogens (tertiary/aromatic N) is 3. The lowest BCUT2D eigenvalue weighted by molar-refractivity contribution is 0.187. The average molecular weight is 210 g/mol. The largest absolute Gasteiger partial charge is 0.379 e. The van der Waals surface area contributed by atoms with Gasteiger partial charge in [-0.05, 0) is 20.9 Å². The SMILES string of the molecule is CNC1COCC1c1nncn1C(C)C. The Morgan fingerprint density at radius 3 is 3.00 bits per heavy atom. The maximum Gasteiger partial charge on any atom is 0.140 e. The lowest BCUT2D eigenvalue weighted by atomic mass is 10.0. The molecule has 5 heteroatoms. The minimum absolute atomic E-state index is 0.319. The summed E-state index contributed by atoms with van der Waals surface area (Å²) >= 11 is 0. The van der Waals surface area contributed by atoms with Crippen LogP contribution in [0.4, 0.5) is 0 Å². The Labute approximate surface area is 89.8 Å². The Hall–Kier alpha value is -0.940. The molecule has 0 saturated carbocycles. The van der Waals surface area contributed by atoms with E-state index in [1.807, 2.05) is 7.05 Å². The summed E-state index contributed by atoms with van der Waals surface area (Å²) in [6.07, 6.45) is 1.80. The zero-order chi connectivity index (χ0) is 10.8. The lowest BCUT2D eigenvalue weighted by Crippen LogP contribution is -2.32. The molecule has 0 aliphatic carbocycles. The van der Waals surface area contributed by atoms with Crippen molar-refractivity contribution in [2.75, 3.05) is 20.3 Å². The van der Waals surface area contributed by atoms with Crippen molar-refractivity contribution in [3.05, 3.63) is 12.2 Å². The zero-order valence-electron chi connectivity index (χ0n) is 9.47. The molecule has 2 rings (SSSR count). The molecule has 5 nitrogen and oxygen atoms in total. The number of ether oxygens (including phenoxy) is 1. The van der Waals surface area contributed by atoms with Crippen molar-refractivity contribution in [3.63, 3.8) is 0 Å². The standard InChI is InChI=1S/C10H18N4O/c1-7(2)14-6-12-13-10(14)8-4-15-5-9(8)11-3/h6-9,11H,4-5H2,1-3H3. The van der Waals surface area contributed by atoms with Gasteiger partial charge in [0.05, 0.1) is 19.1 Å². The fraction of sp³-hybridized carbons (Fsp3) is 0.800. The molecule has 2 heterocycles. The van der Waals surface area contributed by atoms with Crippen LogP contribution in [-0.2, 0) is 4.74 Å². The van der Waals surface area contributed by atoms with Crippen LogP contribution >= 0.6 is 0 Å². The van der Waals surface area contributed by atoms with Gasteiger partial charge in [-0.1, -0.05) is 0 Å². The number of nitrogens with one attached hydrogen (secondary N) is 1. The molecule has 0 bridgehead atoms. The Morgan fingerprint density at radius 2 is 2.33 bits per heavy atom. The lowest BCUT2D eigenvalue weighted by Gasteiger charge is -2.18. The van der Waals surface area contributed by atoms with Gasteiger partial charge in [-0.25, -0.2) is 0 Å². The molecule has 1 aliphatic heterocycles. The molecule has 84 valence electrons. The Morgan fingerprint density at radius 1 is 1.53 bits per heavy atom. The first-order valence-electron chi connectivity index (χ1n) is 5.38. The minimum atomic E-state index is 0.319. The number of hydrogen-bond acceptors (Lipinski definition) is 4. The van der Waals surface area contributed by atoms with Crippen LogP contribution in [0.5, 0.6) is 0 Å². The molecule has 0 amide bonds. The molecule has 1 aromatic rings. The van der Waals surface area contributed by atoms with Crippen LogP contribution < -0.4 is 5.32 Å². The second kappa shape index (κ2) is 4.28. The topological polar surface area (TPSA) is 52.0 Å². The fourth-order valence-electron chi connectivity index (χ4n) is 2.01. The molecule has 15 heavy (non-hydrogen) atoms. The molecule has 2 unspecified atom stereocenters. The van der Waals surface area contributed by atoms with Gasteiger partial charge in [0, 0.05) is 12.1 Å². The zero-order valence-corrected chi connectivity index (χ0v) is 9.47. The molecule has 1 N–H and O–H groups in total. The van der Waals surface area contributed by atoms with Crippen molar-refractivity contribution in [3.8, 4) is 0 Å². The van der Waals surface area contributed by atoms with E-state index >= 15 is 0 Å². The highest BCUT2D eigenvalue weighted by Crippen LogP contribution is 2.25. The van der Waals surface area contributed by atoms with Crippen LogP contribution in [0.15, 0.2) is 6.33 Å². The molecule has 0 aromatic carbocycles. The van der Waals surface area contributed by atoms with Crippen molar-refractivity contribution in [2.45, 2.75) is 31.8 Å². The van der Waals surface area contributed by atoms with Crippen LogP contribution in [0.1, 0.15) is 31.6 Å². The fourth-order valence-corrected chi connectivity index (χ4v) is 2.01. The van der Waals surface area contributed by atoms with Gasteiger partial charge in [0.15, 0.2) is 0 Å². The highest BCUT2D eigenvalue weighted by atomic mass is 16.5. The van der Waals surface area contributed by atoms with Crippen LogP contribution in [0, 0.1) is 0 Å². The van der Waals surface area contributed by atoms with E-state index in [4.69, 9.17) is 4.74 Å². The van der Waals surface area contributed by atoms with Crippen LogP contribution in [0.3, 0.4) is 0 Å². The van der Waals surface area contributed by atoms with Crippen molar-refractivity contribution >= 4 is 0 Å². The quantitative estimate of drug-likeness (QED) is 0.792. The van der Waals surface area contributed by atoms with Gasteiger partial charge >= 0.3 is 0 Å². The van der Waals surface area contributed by atoms with Gasteiger partial charge in [0.1, 0.15) is 12.2 Å². The summed E-state index contributed by atoms with van der Waals surface area (Å²) in [5.41, 5.74) is 0. The Kier molecular flexibility index (Phi) is 3.02. The third-order valence-corrected chi connectivity index (χ3v) is 2.94. The van der Waals surface area contributed by atoms with Crippen LogP contribution in [-0.4, -0.2) is 41.1 Å². The predicted molar refractivity (Wildman–Crippen MR) is 56.8 cm³/mol. The van der Waals surface area contributed by atoms with E-state index in [1.165, 1.54) is 0 Å². The second-order valence-electron chi connectivity index (χ2n) is 4.23. The molecule has 2 atom stereocenters. The summed E-state index contributed by atoms with van der Waals surface area (Å²) in [5.74, 6) is 1.35. The Bertz CT molecular complexity index is 323. The number of aromatic nitrogens is 3. The maximum atomic E-state index is 5.48. The summed E-state index contributed by atoms with van der Waals surface area (Å²) in [4.78, 5) is 0. The summed E-state index contributed by atoms with van der Waals surface area (Å²) in [7, 11) is 1.96. The maximum absolute atomic E-state index is 5.48. The van der Waals surface area contributed by atoms with Gasteiger partial charge in [0.25, 0.3) is 0 Å². The van der Waals surface area contributed by atoms with Crippen molar-refractivity contribution < 1.29 is 4.74 Å². The van der Waals surface area contributed by atoms with Gasteiger partial charge in [-0.15, -0.1) is 10.2 Å². The molecular formula is C10H18N4O. The molecule has 1 fully saturated rings. The molecule has 1 aromatic heterocycles. The normalized spacial score (nSPS) is 26.4. The van der Waals surface area contributed by atoms with E-state index in [-0.39, 0.29) is 0 Å². The second-order valence-corrected chi connectivity index (χ2v) is 4.23. The average Bonchev–Trinajstić information content (AvgIpc) is 2.85. The van der Waals surface area contributed by atoms with E-state index in [9.17, 15) is 0 Å². The first-order chi connectivity index (χ1) is 7.24. The summed E-state index contributed by atoms with van der Waals surface area (Å²) in [6.45, 7) is 5.76. The smallest absolute Gasteiger partial charge is 0.140 e. The predicted octanol–water partition coefficient (Wildman–Crippen LogP) is 0.561. The van der Waals surface area contributed by atoms with Crippen LogP contribution in [0.2, 0.25) is 0 Å². The first-order valence-corrected chi connectivity index (χ1v) is 5.38. The third kappa shape index (κ3) is 1.89.